The Kier molecular flexibility index (Phi) is 4.21. The summed E-state index contributed by atoms with van der Waals surface area (Å²) in [6.45, 7) is 2.01. The molecule has 2 aromatic rings. The molecule has 1 atom stereocenters. The topological polar surface area (TPSA) is 64.9 Å². The van der Waals surface area contributed by atoms with Gasteiger partial charge in [0.1, 0.15) is 11.6 Å². The lowest BCUT2D eigenvalue weighted by atomic mass is 10.1. The van der Waals surface area contributed by atoms with E-state index in [4.69, 9.17) is 10.3 Å². The predicted octanol–water partition coefficient (Wildman–Crippen LogP) is 2.74. The molecule has 0 aliphatic rings. The van der Waals surface area contributed by atoms with Crippen molar-refractivity contribution in [2.24, 2.45) is 5.73 Å². The fourth-order valence-electron chi connectivity index (χ4n) is 1.76. The van der Waals surface area contributed by atoms with Crippen LogP contribution in [0.4, 0.5) is 8.78 Å². The summed E-state index contributed by atoms with van der Waals surface area (Å²) in [6.07, 6.45) is 1.79. The van der Waals surface area contributed by atoms with E-state index in [0.29, 0.717) is 11.4 Å². The first-order valence-corrected chi connectivity index (χ1v) is 6.12. The van der Waals surface area contributed by atoms with E-state index in [1.165, 1.54) is 12.1 Å². The molecule has 0 bridgehead atoms. The van der Waals surface area contributed by atoms with Crippen LogP contribution in [0.1, 0.15) is 43.1 Å². The van der Waals surface area contributed by atoms with Crippen LogP contribution in [0.25, 0.3) is 0 Å². The second-order valence-corrected chi connectivity index (χ2v) is 4.35. The summed E-state index contributed by atoms with van der Waals surface area (Å²) in [6, 6.07) is 3.11. The molecule has 1 unspecified atom stereocenters. The zero-order chi connectivity index (χ0) is 13.8. The van der Waals surface area contributed by atoms with Crippen molar-refractivity contribution in [3.05, 3.63) is 47.1 Å². The van der Waals surface area contributed by atoms with Gasteiger partial charge < -0.3 is 10.3 Å². The minimum Gasteiger partial charge on any atom is -0.339 e. The molecule has 0 amide bonds. The van der Waals surface area contributed by atoms with Crippen LogP contribution >= 0.6 is 0 Å². The van der Waals surface area contributed by atoms with Crippen LogP contribution in [0.2, 0.25) is 0 Å². The van der Waals surface area contributed by atoms with Crippen molar-refractivity contribution in [1.29, 1.82) is 0 Å². The Hall–Kier alpha value is -1.82. The summed E-state index contributed by atoms with van der Waals surface area (Å²) < 4.78 is 31.3. The van der Waals surface area contributed by atoms with Gasteiger partial charge in [-0.1, -0.05) is 24.6 Å². The van der Waals surface area contributed by atoms with E-state index < -0.39 is 11.6 Å². The average molecular weight is 267 g/mol. The van der Waals surface area contributed by atoms with E-state index in [9.17, 15) is 8.78 Å². The molecule has 0 aliphatic heterocycles. The molecule has 4 nitrogen and oxygen atoms in total. The third kappa shape index (κ3) is 3.35. The fourth-order valence-corrected chi connectivity index (χ4v) is 1.76. The number of aromatic nitrogens is 2. The molecule has 0 spiro atoms. The minimum atomic E-state index is -0.627. The Morgan fingerprint density at radius 1 is 1.37 bits per heavy atom. The third-order valence-electron chi connectivity index (χ3n) is 2.77. The summed E-state index contributed by atoms with van der Waals surface area (Å²) in [5, 5.41) is 3.77. The van der Waals surface area contributed by atoms with Crippen molar-refractivity contribution >= 4 is 0 Å². The molecule has 2 rings (SSSR count). The summed E-state index contributed by atoms with van der Waals surface area (Å²) in [5.74, 6) is -0.554. The first kappa shape index (κ1) is 13.6. The number of nitrogens with two attached hydrogens (primary N) is 1. The van der Waals surface area contributed by atoms with Crippen LogP contribution in [0.3, 0.4) is 0 Å². The highest BCUT2D eigenvalue weighted by Gasteiger charge is 2.15. The number of hydrogen-bond donors (Lipinski definition) is 1. The lowest BCUT2D eigenvalue weighted by Crippen LogP contribution is -2.11. The van der Waals surface area contributed by atoms with E-state index in [1.54, 1.807) is 0 Å². The number of halogens is 2. The van der Waals surface area contributed by atoms with Gasteiger partial charge in [-0.15, -0.1) is 0 Å². The van der Waals surface area contributed by atoms with E-state index in [-0.39, 0.29) is 18.4 Å². The lowest BCUT2D eigenvalue weighted by Gasteiger charge is -2.02. The van der Waals surface area contributed by atoms with Crippen molar-refractivity contribution in [2.45, 2.75) is 32.2 Å². The van der Waals surface area contributed by atoms with Crippen LogP contribution < -0.4 is 5.73 Å². The van der Waals surface area contributed by atoms with Crippen LogP contribution in [0.15, 0.2) is 22.7 Å². The molecule has 0 aliphatic carbocycles. The van der Waals surface area contributed by atoms with E-state index in [2.05, 4.69) is 10.1 Å². The normalized spacial score (nSPS) is 12.6. The van der Waals surface area contributed by atoms with Gasteiger partial charge in [0.2, 0.25) is 5.89 Å². The van der Waals surface area contributed by atoms with E-state index in [1.807, 2.05) is 6.92 Å². The van der Waals surface area contributed by atoms with Gasteiger partial charge >= 0.3 is 0 Å². The number of benzene rings is 1. The molecular formula is C13H15F2N3O. The molecule has 0 radical (unpaired) electrons. The third-order valence-corrected chi connectivity index (χ3v) is 2.77. The van der Waals surface area contributed by atoms with Crippen LogP contribution in [-0.2, 0) is 6.42 Å². The molecular weight excluding hydrogens is 252 g/mol. The van der Waals surface area contributed by atoms with Crippen LogP contribution in [0, 0.1) is 11.6 Å². The van der Waals surface area contributed by atoms with Gasteiger partial charge in [-0.3, -0.25) is 0 Å². The SMILES string of the molecule is CCCC(N)c1noc(Cc2ccc(F)cc2F)n1. The predicted molar refractivity (Wildman–Crippen MR) is 65.3 cm³/mol. The maximum Gasteiger partial charge on any atom is 0.231 e. The van der Waals surface area contributed by atoms with Crippen molar-refractivity contribution in [3.8, 4) is 0 Å². The quantitative estimate of drug-likeness (QED) is 0.904. The molecule has 1 aromatic heterocycles. The number of nitrogens with zero attached hydrogens (tertiary/aromatic N) is 2. The zero-order valence-electron chi connectivity index (χ0n) is 10.6. The molecule has 0 saturated heterocycles. The van der Waals surface area contributed by atoms with Gasteiger partial charge in [-0.05, 0) is 18.1 Å². The van der Waals surface area contributed by atoms with E-state index >= 15 is 0 Å². The molecule has 102 valence electrons. The first-order chi connectivity index (χ1) is 9.10. The number of rotatable bonds is 5. The highest BCUT2D eigenvalue weighted by atomic mass is 19.1. The maximum atomic E-state index is 13.5. The lowest BCUT2D eigenvalue weighted by molar-refractivity contribution is 0.373. The zero-order valence-corrected chi connectivity index (χ0v) is 10.6. The van der Waals surface area contributed by atoms with Gasteiger partial charge in [-0.2, -0.15) is 4.98 Å². The average Bonchev–Trinajstić information content (AvgIpc) is 2.82. The second-order valence-electron chi connectivity index (χ2n) is 4.35. The minimum absolute atomic E-state index is 0.123. The van der Waals surface area contributed by atoms with Gasteiger partial charge in [0.25, 0.3) is 0 Å². The fraction of sp³-hybridized carbons (Fsp3) is 0.385. The summed E-state index contributed by atoms with van der Waals surface area (Å²) >= 11 is 0. The van der Waals surface area contributed by atoms with Gasteiger partial charge in [-0.25, -0.2) is 8.78 Å². The Morgan fingerprint density at radius 2 is 2.16 bits per heavy atom. The van der Waals surface area contributed by atoms with Gasteiger partial charge in [0, 0.05) is 6.07 Å². The summed E-state index contributed by atoms with van der Waals surface area (Å²) in [7, 11) is 0. The van der Waals surface area contributed by atoms with Crippen molar-refractivity contribution < 1.29 is 13.3 Å². The highest BCUT2D eigenvalue weighted by Crippen LogP contribution is 2.16. The second kappa shape index (κ2) is 5.88. The van der Waals surface area contributed by atoms with E-state index in [0.717, 1.165) is 18.9 Å². The molecule has 1 aromatic carbocycles. The standard InChI is InChI=1S/C13H15F2N3O/c1-2-3-11(16)13-17-12(19-18-13)6-8-4-5-9(14)7-10(8)15/h4-5,7,11H,2-3,6,16H2,1H3. The molecule has 0 fully saturated rings. The molecule has 0 saturated carbocycles. The maximum absolute atomic E-state index is 13.5. The Morgan fingerprint density at radius 3 is 2.84 bits per heavy atom. The molecule has 19 heavy (non-hydrogen) atoms. The Balaban J connectivity index is 2.11. The Bertz CT molecular complexity index is 557. The highest BCUT2D eigenvalue weighted by molar-refractivity contribution is 5.21. The Labute approximate surface area is 109 Å². The van der Waals surface area contributed by atoms with Crippen molar-refractivity contribution in [1.82, 2.24) is 10.1 Å². The first-order valence-electron chi connectivity index (χ1n) is 6.12. The summed E-state index contributed by atoms with van der Waals surface area (Å²) in [4.78, 5) is 4.12. The van der Waals surface area contributed by atoms with Gasteiger partial charge in [0.05, 0.1) is 12.5 Å². The number of hydrogen-bond acceptors (Lipinski definition) is 4. The molecule has 1 heterocycles. The van der Waals surface area contributed by atoms with Crippen molar-refractivity contribution in [2.75, 3.05) is 0 Å². The molecule has 6 heteroatoms. The molecule has 2 N–H and O–H groups in total. The van der Waals surface area contributed by atoms with Crippen molar-refractivity contribution in [3.63, 3.8) is 0 Å². The van der Waals surface area contributed by atoms with Crippen LogP contribution in [-0.4, -0.2) is 10.1 Å². The van der Waals surface area contributed by atoms with Crippen LogP contribution in [0.5, 0.6) is 0 Å². The smallest absolute Gasteiger partial charge is 0.231 e. The largest absolute Gasteiger partial charge is 0.339 e. The monoisotopic (exact) mass is 267 g/mol. The summed E-state index contributed by atoms with van der Waals surface area (Å²) in [5.41, 5.74) is 6.16. The van der Waals surface area contributed by atoms with Gasteiger partial charge in [0.15, 0.2) is 5.82 Å².